The minimum atomic E-state index is -4.51. The predicted octanol–water partition coefficient (Wildman–Crippen LogP) is 1.35. The Labute approximate surface area is 245 Å². The predicted molar refractivity (Wildman–Crippen MR) is 147 cm³/mol. The molecule has 0 spiro atoms. The highest BCUT2D eigenvalue weighted by atomic mass is 31.2. The molecule has 0 amide bonds. The monoisotopic (exact) mass is 619 g/mol. The number of nitrogens with two attached hydrogens (primary N) is 1. The van der Waals surface area contributed by atoms with Gasteiger partial charge in [0.25, 0.3) is 0 Å². The molecule has 1 aromatic carbocycles. The number of benzene rings is 1. The van der Waals surface area contributed by atoms with E-state index in [1.165, 1.54) is 56.1 Å². The Morgan fingerprint density at radius 3 is 2.65 bits per heavy atom. The smallest absolute Gasteiger partial charge is 0.459 e. The van der Waals surface area contributed by atoms with Crippen LogP contribution in [0.15, 0.2) is 30.6 Å². The second-order valence-corrected chi connectivity index (χ2v) is 11.2. The maximum absolute atomic E-state index is 14.0. The van der Waals surface area contributed by atoms with Gasteiger partial charge in [-0.15, -0.1) is 0 Å². The van der Waals surface area contributed by atoms with Crippen molar-refractivity contribution in [2.24, 2.45) is 5.41 Å². The number of hydrogen-bond donors (Lipinski definition) is 3. The van der Waals surface area contributed by atoms with E-state index in [0.29, 0.717) is 0 Å². The lowest BCUT2D eigenvalue weighted by molar-refractivity contribution is -0.142. The molecule has 1 aliphatic rings. The van der Waals surface area contributed by atoms with Crippen molar-refractivity contribution in [1.29, 1.82) is 5.26 Å². The lowest BCUT2D eigenvalue weighted by Gasteiger charge is -2.26. The molecule has 6 atom stereocenters. The first-order chi connectivity index (χ1) is 20.4. The van der Waals surface area contributed by atoms with Crippen molar-refractivity contribution in [1.82, 2.24) is 24.6 Å². The second-order valence-electron chi connectivity index (χ2n) is 9.53. The summed E-state index contributed by atoms with van der Waals surface area (Å²) in [4.78, 5) is 36.8. The second kappa shape index (κ2) is 12.5. The molecule has 3 heterocycles. The first kappa shape index (κ1) is 31.6. The molecule has 4 N–H and O–H groups in total. The molecular weight excluding hydrogens is 589 g/mol. The molecule has 1 fully saturated rings. The van der Waals surface area contributed by atoms with E-state index in [2.05, 4.69) is 26.1 Å². The molecule has 17 nitrogen and oxygen atoms in total. The van der Waals surface area contributed by atoms with Crippen LogP contribution in [0.25, 0.3) is 11.2 Å². The van der Waals surface area contributed by atoms with Gasteiger partial charge >= 0.3 is 19.7 Å². The topological polar surface area (TPSA) is 232 Å². The average molecular weight is 620 g/mol. The van der Waals surface area contributed by atoms with Crippen molar-refractivity contribution in [3.05, 3.63) is 36.2 Å². The van der Waals surface area contributed by atoms with Crippen molar-refractivity contribution < 1.29 is 47.3 Å². The van der Waals surface area contributed by atoms with E-state index in [9.17, 15) is 24.5 Å². The van der Waals surface area contributed by atoms with E-state index >= 15 is 0 Å². The lowest BCUT2D eigenvalue weighted by atomic mass is 9.84. The number of imidazole rings is 1. The van der Waals surface area contributed by atoms with Gasteiger partial charge in [0.1, 0.15) is 35.0 Å². The minimum absolute atomic E-state index is 0.0701. The highest BCUT2D eigenvalue weighted by molar-refractivity contribution is 7.52. The molecule has 3 aromatic rings. The summed E-state index contributed by atoms with van der Waals surface area (Å²) < 4.78 is 47.4. The number of nitrogen functional groups attached to an aromatic ring is 1. The molecule has 0 saturated carbocycles. The molecule has 43 heavy (non-hydrogen) atoms. The number of nitriles is 1. The quantitative estimate of drug-likeness (QED) is 0.203. The third-order valence-electron chi connectivity index (χ3n) is 6.70. The fraction of sp³-hybridized carbons (Fsp3) is 0.440. The third-order valence-corrected chi connectivity index (χ3v) is 8.33. The minimum Gasteiger partial charge on any atom is -0.479 e. The number of aliphatic hydroxyl groups excluding tert-OH is 1. The van der Waals surface area contributed by atoms with Gasteiger partial charge in [-0.05, 0) is 26.0 Å². The summed E-state index contributed by atoms with van der Waals surface area (Å²) in [5.74, 6) is -1.77. The third kappa shape index (κ3) is 6.10. The molecule has 1 unspecified atom stereocenters. The van der Waals surface area contributed by atoms with E-state index in [1.807, 2.05) is 0 Å². The maximum atomic E-state index is 14.0. The SMILES string of the molecule is COC(=O)c1ccccc1OP(=O)(N[C@@H](C)C(=O)OC)OC[C@H]1O[C@@H](n2cnc3c(OC)nc(N)nc32)[C@](C)(C#N)[C@@H]1O. The number of ether oxygens (including phenoxy) is 4. The number of carbonyl (C=O) groups excluding carboxylic acids is 2. The van der Waals surface area contributed by atoms with Crippen molar-refractivity contribution in [2.75, 3.05) is 33.7 Å². The number of para-hydroxylation sites is 1. The summed E-state index contributed by atoms with van der Waals surface area (Å²) >= 11 is 0. The van der Waals surface area contributed by atoms with Crippen LogP contribution in [-0.2, 0) is 28.1 Å². The van der Waals surface area contributed by atoms with Gasteiger partial charge in [0.05, 0.1) is 40.3 Å². The van der Waals surface area contributed by atoms with Crippen LogP contribution in [0.1, 0.15) is 30.4 Å². The standard InChI is InChI=1S/C25H30N7O10P/c1-13(21(34)38-4)31-43(36,42-15-9-7-6-8-14(15)22(35)39-5)40-10-16-18(33)25(2,11-26)23(41-16)32-12-28-17-19(32)29-24(27)30-20(17)37-3/h6-9,12-13,16,18,23,33H,10H2,1-5H3,(H,31,36)(H2,27,29,30)/t13-,16+,18+,23+,25+,43?/m0/s1. The zero-order valence-corrected chi connectivity index (χ0v) is 24.7. The van der Waals surface area contributed by atoms with Crippen molar-refractivity contribution in [3.63, 3.8) is 0 Å². The van der Waals surface area contributed by atoms with Crippen LogP contribution in [0.4, 0.5) is 5.95 Å². The van der Waals surface area contributed by atoms with E-state index in [1.54, 1.807) is 0 Å². The zero-order valence-electron chi connectivity index (χ0n) is 23.8. The van der Waals surface area contributed by atoms with Gasteiger partial charge in [0, 0.05) is 0 Å². The number of nitrogens with one attached hydrogen (secondary N) is 1. The Balaban J connectivity index is 1.65. The fourth-order valence-electron chi connectivity index (χ4n) is 4.42. The Hall–Kier alpha value is -4.33. The van der Waals surface area contributed by atoms with Gasteiger partial charge in [-0.1, -0.05) is 12.1 Å². The van der Waals surface area contributed by atoms with Gasteiger partial charge in [0.2, 0.25) is 11.8 Å². The Bertz CT molecular complexity index is 1610. The number of esters is 2. The largest absolute Gasteiger partial charge is 0.479 e. The maximum Gasteiger partial charge on any atom is 0.459 e. The molecule has 0 bridgehead atoms. The summed E-state index contributed by atoms with van der Waals surface area (Å²) in [6, 6.07) is 6.66. The number of fused-ring (bicyclic) bond motifs is 1. The summed E-state index contributed by atoms with van der Waals surface area (Å²) in [6.45, 7) is 2.21. The van der Waals surface area contributed by atoms with Crippen LogP contribution in [0.5, 0.6) is 11.6 Å². The van der Waals surface area contributed by atoms with Crippen LogP contribution < -0.4 is 20.1 Å². The molecule has 4 rings (SSSR count). The number of methoxy groups -OCH3 is 3. The molecule has 1 aliphatic heterocycles. The molecule has 0 aliphatic carbocycles. The molecule has 230 valence electrons. The first-order valence-corrected chi connectivity index (χ1v) is 14.2. The first-order valence-electron chi connectivity index (χ1n) is 12.7. The average Bonchev–Trinajstić information content (AvgIpc) is 3.52. The van der Waals surface area contributed by atoms with Gasteiger partial charge in [-0.2, -0.15) is 20.3 Å². The van der Waals surface area contributed by atoms with Gasteiger partial charge in [-0.25, -0.2) is 14.3 Å². The van der Waals surface area contributed by atoms with E-state index in [-0.39, 0.29) is 34.3 Å². The summed E-state index contributed by atoms with van der Waals surface area (Å²) in [5, 5.41) is 23.8. The molecule has 1 saturated heterocycles. The number of aliphatic hydroxyl groups is 1. The van der Waals surface area contributed by atoms with Crippen molar-refractivity contribution in [2.45, 2.75) is 38.3 Å². The fourth-order valence-corrected chi connectivity index (χ4v) is 5.94. The van der Waals surface area contributed by atoms with Crippen LogP contribution in [-0.4, -0.2) is 82.8 Å². The number of hydrogen-bond acceptors (Lipinski definition) is 15. The lowest BCUT2D eigenvalue weighted by Crippen LogP contribution is -2.39. The number of carbonyl (C=O) groups is 2. The van der Waals surface area contributed by atoms with Gasteiger partial charge < -0.3 is 34.3 Å². The Kier molecular flexibility index (Phi) is 9.18. The molecule has 18 heteroatoms. The Morgan fingerprint density at radius 2 is 2.00 bits per heavy atom. The number of rotatable bonds is 11. The summed E-state index contributed by atoms with van der Waals surface area (Å²) in [6.07, 6.45) is -2.59. The number of anilines is 1. The van der Waals surface area contributed by atoms with Crippen LogP contribution in [0.3, 0.4) is 0 Å². The van der Waals surface area contributed by atoms with Gasteiger partial charge in [0.15, 0.2) is 17.4 Å². The zero-order chi connectivity index (χ0) is 31.5. The van der Waals surface area contributed by atoms with Crippen molar-refractivity contribution >= 4 is 36.8 Å². The number of aromatic nitrogens is 4. The molecule has 2 aromatic heterocycles. The van der Waals surface area contributed by atoms with E-state index in [4.69, 9.17) is 33.7 Å². The van der Waals surface area contributed by atoms with E-state index in [0.717, 1.165) is 14.2 Å². The van der Waals surface area contributed by atoms with Crippen LogP contribution >= 0.6 is 7.75 Å². The Morgan fingerprint density at radius 1 is 1.28 bits per heavy atom. The molecular formula is C25H30N7O10P. The molecule has 0 radical (unpaired) electrons. The highest BCUT2D eigenvalue weighted by Gasteiger charge is 2.56. The van der Waals surface area contributed by atoms with Gasteiger partial charge in [-0.3, -0.25) is 13.9 Å². The van der Waals surface area contributed by atoms with Crippen LogP contribution in [0, 0.1) is 16.7 Å². The number of nitrogens with zero attached hydrogens (tertiary/aromatic N) is 5. The normalized spacial score (nSPS) is 23.6. The summed E-state index contributed by atoms with van der Waals surface area (Å²) in [5.41, 5.74) is 4.56. The highest BCUT2D eigenvalue weighted by Crippen LogP contribution is 2.50. The van der Waals surface area contributed by atoms with Crippen molar-refractivity contribution in [3.8, 4) is 17.7 Å². The summed E-state index contributed by atoms with van der Waals surface area (Å²) in [7, 11) is -0.837. The van der Waals surface area contributed by atoms with Crippen LogP contribution in [0.2, 0.25) is 0 Å². The van der Waals surface area contributed by atoms with E-state index < -0.39 is 56.2 Å².